The number of rotatable bonds is 6. The van der Waals surface area contributed by atoms with E-state index in [2.05, 4.69) is 11.4 Å². The number of anilines is 1. The summed E-state index contributed by atoms with van der Waals surface area (Å²) in [6, 6.07) is 23.5. The van der Waals surface area contributed by atoms with Crippen LogP contribution in [-0.4, -0.2) is 18.5 Å². The molecule has 0 radical (unpaired) electrons. The number of amides is 3. The van der Waals surface area contributed by atoms with Crippen LogP contribution in [0.4, 0.5) is 10.5 Å². The Morgan fingerprint density at radius 2 is 1.71 bits per heavy atom. The van der Waals surface area contributed by atoms with Crippen molar-refractivity contribution in [2.75, 3.05) is 11.4 Å². The van der Waals surface area contributed by atoms with Crippen LogP contribution in [-0.2, 0) is 11.2 Å². The number of carbonyl (C=O) groups excluding carboxylic acids is 2. The first-order valence-corrected chi connectivity index (χ1v) is 10.4. The summed E-state index contributed by atoms with van der Waals surface area (Å²) < 4.78 is 5.90. The first-order chi connectivity index (χ1) is 15.1. The van der Waals surface area contributed by atoms with Crippen molar-refractivity contribution in [2.24, 2.45) is 5.73 Å². The van der Waals surface area contributed by atoms with Crippen molar-refractivity contribution in [2.45, 2.75) is 25.3 Å². The van der Waals surface area contributed by atoms with Gasteiger partial charge in [-0.1, -0.05) is 48.5 Å². The molecule has 1 unspecified atom stereocenters. The molecule has 1 aliphatic rings. The average molecular weight is 415 g/mol. The van der Waals surface area contributed by atoms with Gasteiger partial charge in [-0.05, 0) is 54.3 Å². The number of aryl methyl sites for hydroxylation is 1. The summed E-state index contributed by atoms with van der Waals surface area (Å²) in [7, 11) is 0. The van der Waals surface area contributed by atoms with Gasteiger partial charge in [-0.25, -0.2) is 4.79 Å². The van der Waals surface area contributed by atoms with Crippen molar-refractivity contribution in [3.8, 4) is 11.5 Å². The molecule has 0 aliphatic carbocycles. The van der Waals surface area contributed by atoms with Crippen LogP contribution in [0.2, 0.25) is 0 Å². The van der Waals surface area contributed by atoms with Crippen molar-refractivity contribution in [3.05, 3.63) is 90.0 Å². The molecule has 3 aromatic carbocycles. The smallest absolute Gasteiger partial charge is 0.312 e. The van der Waals surface area contributed by atoms with Gasteiger partial charge < -0.3 is 20.7 Å². The summed E-state index contributed by atoms with van der Waals surface area (Å²) in [5.41, 5.74) is 8.28. The standard InChI is InChI=1S/C25H25N3O3/c26-25(30)27-22(17-24(29)28-15-7-10-18-8-4-5-14-23(18)28)19-9-6-13-21(16-19)31-20-11-2-1-3-12-20/h1-6,8-9,11-14,16,22H,7,10,15,17H2,(H3,26,27,30). The summed E-state index contributed by atoms with van der Waals surface area (Å²) in [5.74, 6) is 1.27. The minimum absolute atomic E-state index is 0.0553. The van der Waals surface area contributed by atoms with Crippen molar-refractivity contribution in [3.63, 3.8) is 0 Å². The van der Waals surface area contributed by atoms with Gasteiger partial charge in [0.05, 0.1) is 12.5 Å². The molecule has 1 heterocycles. The maximum atomic E-state index is 13.2. The van der Waals surface area contributed by atoms with Crippen molar-refractivity contribution in [1.82, 2.24) is 5.32 Å². The number of para-hydroxylation sites is 2. The second-order valence-corrected chi connectivity index (χ2v) is 7.53. The molecule has 0 saturated carbocycles. The zero-order valence-electron chi connectivity index (χ0n) is 17.2. The number of benzene rings is 3. The molecular formula is C25H25N3O3. The maximum absolute atomic E-state index is 13.2. The number of fused-ring (bicyclic) bond motifs is 1. The molecule has 3 amide bonds. The Hall–Kier alpha value is -3.80. The molecule has 3 N–H and O–H groups in total. The molecule has 1 atom stereocenters. The lowest BCUT2D eigenvalue weighted by Crippen LogP contribution is -2.40. The van der Waals surface area contributed by atoms with Crippen molar-refractivity contribution >= 4 is 17.6 Å². The predicted molar refractivity (Wildman–Crippen MR) is 120 cm³/mol. The number of urea groups is 1. The van der Waals surface area contributed by atoms with Gasteiger partial charge in [0.2, 0.25) is 5.91 Å². The van der Waals surface area contributed by atoms with E-state index in [9.17, 15) is 9.59 Å². The number of primary amides is 1. The van der Waals surface area contributed by atoms with E-state index in [1.807, 2.05) is 72.8 Å². The quantitative estimate of drug-likeness (QED) is 0.619. The van der Waals surface area contributed by atoms with E-state index in [1.165, 1.54) is 5.56 Å². The fourth-order valence-electron chi connectivity index (χ4n) is 3.92. The van der Waals surface area contributed by atoms with Crippen LogP contribution in [0.5, 0.6) is 11.5 Å². The van der Waals surface area contributed by atoms with Gasteiger partial charge in [0.25, 0.3) is 0 Å². The number of nitrogens with one attached hydrogen (secondary N) is 1. The number of hydrogen-bond donors (Lipinski definition) is 2. The predicted octanol–water partition coefficient (Wildman–Crippen LogP) is 4.56. The lowest BCUT2D eigenvalue weighted by Gasteiger charge is -2.31. The van der Waals surface area contributed by atoms with Gasteiger partial charge in [0.15, 0.2) is 0 Å². The molecule has 31 heavy (non-hydrogen) atoms. The highest BCUT2D eigenvalue weighted by Crippen LogP contribution is 2.30. The Morgan fingerprint density at radius 1 is 0.968 bits per heavy atom. The van der Waals surface area contributed by atoms with Crippen LogP contribution in [0.1, 0.15) is 30.0 Å². The van der Waals surface area contributed by atoms with Gasteiger partial charge >= 0.3 is 6.03 Å². The summed E-state index contributed by atoms with van der Waals surface area (Å²) >= 11 is 0. The van der Waals surface area contributed by atoms with E-state index in [1.54, 1.807) is 4.90 Å². The van der Waals surface area contributed by atoms with Gasteiger partial charge in [0.1, 0.15) is 11.5 Å². The number of ether oxygens (including phenoxy) is 1. The molecule has 1 aliphatic heterocycles. The first-order valence-electron chi connectivity index (χ1n) is 10.4. The third-order valence-corrected chi connectivity index (χ3v) is 5.35. The van der Waals surface area contributed by atoms with Gasteiger partial charge in [-0.15, -0.1) is 0 Å². The number of nitrogens with two attached hydrogens (primary N) is 1. The lowest BCUT2D eigenvalue weighted by molar-refractivity contribution is -0.119. The Kier molecular flexibility index (Phi) is 6.17. The fraction of sp³-hybridized carbons (Fsp3) is 0.200. The molecule has 0 aromatic heterocycles. The maximum Gasteiger partial charge on any atom is 0.312 e. The molecule has 158 valence electrons. The first kappa shape index (κ1) is 20.5. The van der Waals surface area contributed by atoms with Crippen molar-refractivity contribution < 1.29 is 14.3 Å². The molecule has 0 saturated heterocycles. The number of hydrogen-bond acceptors (Lipinski definition) is 3. The highest BCUT2D eigenvalue weighted by molar-refractivity contribution is 5.95. The highest BCUT2D eigenvalue weighted by Gasteiger charge is 2.26. The largest absolute Gasteiger partial charge is 0.457 e. The molecule has 3 aromatic rings. The van der Waals surface area contributed by atoms with Gasteiger partial charge in [0, 0.05) is 12.2 Å². The third kappa shape index (κ3) is 5.04. The zero-order valence-corrected chi connectivity index (χ0v) is 17.2. The summed E-state index contributed by atoms with van der Waals surface area (Å²) in [4.78, 5) is 26.7. The Balaban J connectivity index is 1.55. The fourth-order valence-corrected chi connectivity index (χ4v) is 3.92. The summed E-state index contributed by atoms with van der Waals surface area (Å²) in [6.45, 7) is 0.663. The lowest BCUT2D eigenvalue weighted by atomic mass is 9.99. The monoisotopic (exact) mass is 415 g/mol. The van der Waals surface area contributed by atoms with Crippen LogP contribution >= 0.6 is 0 Å². The van der Waals surface area contributed by atoms with E-state index in [4.69, 9.17) is 10.5 Å². The highest BCUT2D eigenvalue weighted by atomic mass is 16.5. The van der Waals surface area contributed by atoms with Crippen LogP contribution in [0.15, 0.2) is 78.9 Å². The molecule has 4 rings (SSSR count). The number of nitrogens with zero attached hydrogens (tertiary/aromatic N) is 1. The normalized spacial score (nSPS) is 13.7. The van der Waals surface area contributed by atoms with E-state index >= 15 is 0 Å². The Labute approximate surface area is 181 Å². The van der Waals surface area contributed by atoms with Crippen LogP contribution in [0.25, 0.3) is 0 Å². The van der Waals surface area contributed by atoms with Gasteiger partial charge in [-0.3, -0.25) is 4.79 Å². The van der Waals surface area contributed by atoms with E-state index in [0.717, 1.165) is 24.1 Å². The number of carbonyl (C=O) groups is 2. The van der Waals surface area contributed by atoms with E-state index in [-0.39, 0.29) is 12.3 Å². The average Bonchev–Trinajstić information content (AvgIpc) is 2.79. The molecule has 6 nitrogen and oxygen atoms in total. The second kappa shape index (κ2) is 9.34. The van der Waals surface area contributed by atoms with Gasteiger partial charge in [-0.2, -0.15) is 0 Å². The minimum Gasteiger partial charge on any atom is -0.457 e. The van der Waals surface area contributed by atoms with Crippen LogP contribution in [0, 0.1) is 0 Å². The summed E-state index contributed by atoms with van der Waals surface area (Å²) in [6.07, 6.45) is 1.98. The molecule has 0 fully saturated rings. The molecule has 0 spiro atoms. The van der Waals surface area contributed by atoms with Crippen LogP contribution < -0.4 is 20.7 Å². The van der Waals surface area contributed by atoms with E-state index in [0.29, 0.717) is 18.0 Å². The Bertz CT molecular complexity index is 1070. The molecular weight excluding hydrogens is 390 g/mol. The third-order valence-electron chi connectivity index (χ3n) is 5.35. The van der Waals surface area contributed by atoms with Crippen molar-refractivity contribution in [1.29, 1.82) is 0 Å². The Morgan fingerprint density at radius 3 is 2.52 bits per heavy atom. The summed E-state index contributed by atoms with van der Waals surface area (Å²) in [5, 5.41) is 2.72. The van der Waals surface area contributed by atoms with Crippen LogP contribution in [0.3, 0.4) is 0 Å². The SMILES string of the molecule is NC(=O)NC(CC(=O)N1CCCc2ccccc21)c1cccc(Oc2ccccc2)c1. The second-order valence-electron chi connectivity index (χ2n) is 7.53. The van der Waals surface area contributed by atoms with E-state index < -0.39 is 12.1 Å². The molecule has 0 bridgehead atoms. The zero-order chi connectivity index (χ0) is 21.6. The minimum atomic E-state index is -0.675. The topological polar surface area (TPSA) is 84.7 Å². The molecule has 6 heteroatoms.